The van der Waals surface area contributed by atoms with Gasteiger partial charge in [0.2, 0.25) is 0 Å². The molecular formula is C12H16F3NO2. The normalized spacial score (nSPS) is 13.3. The standard InChI is InChI=1S/C12H16F3NO2/c1-7-4-10(17-2)11(18-3)5-8(7)9(16)6-12(13,14)15/h4-5,9H,6,16H2,1-3H3. The third-order valence-corrected chi connectivity index (χ3v) is 2.62. The van der Waals surface area contributed by atoms with Gasteiger partial charge in [-0.1, -0.05) is 0 Å². The van der Waals surface area contributed by atoms with Crippen LogP contribution in [-0.2, 0) is 0 Å². The minimum absolute atomic E-state index is 0.371. The Kier molecular flexibility index (Phi) is 4.45. The molecule has 0 saturated heterocycles. The smallest absolute Gasteiger partial charge is 0.390 e. The highest BCUT2D eigenvalue weighted by Gasteiger charge is 2.31. The molecule has 102 valence electrons. The highest BCUT2D eigenvalue weighted by atomic mass is 19.4. The zero-order valence-corrected chi connectivity index (χ0v) is 10.5. The Morgan fingerprint density at radius 2 is 1.67 bits per heavy atom. The summed E-state index contributed by atoms with van der Waals surface area (Å²) in [5.41, 5.74) is 6.63. The Morgan fingerprint density at radius 3 is 2.11 bits per heavy atom. The number of rotatable bonds is 4. The van der Waals surface area contributed by atoms with E-state index in [4.69, 9.17) is 15.2 Å². The molecule has 0 radical (unpaired) electrons. The lowest BCUT2D eigenvalue weighted by Gasteiger charge is -2.19. The fraction of sp³-hybridized carbons (Fsp3) is 0.500. The number of aryl methyl sites for hydroxylation is 1. The molecule has 0 bridgehead atoms. The fourth-order valence-electron chi connectivity index (χ4n) is 1.76. The summed E-state index contributed by atoms with van der Waals surface area (Å²) in [6.07, 6.45) is -5.36. The molecule has 0 aromatic heterocycles. The molecule has 1 aromatic carbocycles. The van der Waals surface area contributed by atoms with E-state index in [0.29, 0.717) is 22.6 Å². The van der Waals surface area contributed by atoms with E-state index in [1.165, 1.54) is 20.3 Å². The van der Waals surface area contributed by atoms with E-state index in [1.54, 1.807) is 13.0 Å². The minimum Gasteiger partial charge on any atom is -0.493 e. The number of methoxy groups -OCH3 is 2. The van der Waals surface area contributed by atoms with Gasteiger partial charge in [-0.15, -0.1) is 0 Å². The van der Waals surface area contributed by atoms with Gasteiger partial charge in [-0.2, -0.15) is 13.2 Å². The van der Waals surface area contributed by atoms with Gasteiger partial charge in [0, 0.05) is 6.04 Å². The number of ether oxygens (including phenoxy) is 2. The van der Waals surface area contributed by atoms with Crippen molar-refractivity contribution in [3.8, 4) is 11.5 Å². The van der Waals surface area contributed by atoms with Gasteiger partial charge in [0.1, 0.15) is 0 Å². The molecule has 2 N–H and O–H groups in total. The van der Waals surface area contributed by atoms with Crippen molar-refractivity contribution < 1.29 is 22.6 Å². The number of alkyl halides is 3. The molecule has 1 aromatic rings. The topological polar surface area (TPSA) is 44.5 Å². The molecule has 18 heavy (non-hydrogen) atoms. The highest BCUT2D eigenvalue weighted by Crippen LogP contribution is 2.35. The molecule has 0 spiro atoms. The maximum atomic E-state index is 12.3. The first-order valence-electron chi connectivity index (χ1n) is 5.33. The van der Waals surface area contributed by atoms with Crippen LogP contribution in [0, 0.1) is 6.92 Å². The average Bonchev–Trinajstić information content (AvgIpc) is 2.26. The summed E-state index contributed by atoms with van der Waals surface area (Å²) in [6, 6.07) is 2.00. The van der Waals surface area contributed by atoms with Crippen LogP contribution < -0.4 is 15.2 Å². The number of hydrogen-bond donors (Lipinski definition) is 1. The number of nitrogens with two attached hydrogens (primary N) is 1. The van der Waals surface area contributed by atoms with Crippen molar-refractivity contribution in [2.45, 2.75) is 25.6 Å². The van der Waals surface area contributed by atoms with Crippen LogP contribution in [0.5, 0.6) is 11.5 Å². The van der Waals surface area contributed by atoms with Crippen LogP contribution in [0.2, 0.25) is 0 Å². The monoisotopic (exact) mass is 263 g/mol. The Hall–Kier alpha value is -1.43. The molecule has 3 nitrogen and oxygen atoms in total. The van der Waals surface area contributed by atoms with Crippen LogP contribution >= 0.6 is 0 Å². The molecule has 0 heterocycles. The summed E-state index contributed by atoms with van der Waals surface area (Å²) in [7, 11) is 2.89. The maximum absolute atomic E-state index is 12.3. The first kappa shape index (κ1) is 14.6. The predicted molar refractivity (Wildman–Crippen MR) is 61.9 cm³/mol. The van der Waals surface area contributed by atoms with Gasteiger partial charge in [0.05, 0.1) is 20.6 Å². The molecule has 0 fully saturated rings. The fourth-order valence-corrected chi connectivity index (χ4v) is 1.76. The molecule has 6 heteroatoms. The summed E-state index contributed by atoms with van der Waals surface area (Å²) in [4.78, 5) is 0. The van der Waals surface area contributed by atoms with Crippen LogP contribution in [0.15, 0.2) is 12.1 Å². The summed E-state index contributed by atoms with van der Waals surface area (Å²) in [5, 5.41) is 0. The summed E-state index contributed by atoms with van der Waals surface area (Å²) < 4.78 is 47.1. The lowest BCUT2D eigenvalue weighted by atomic mass is 9.98. The SMILES string of the molecule is COc1cc(C)c(C(N)CC(F)(F)F)cc1OC. The Morgan fingerprint density at radius 1 is 1.17 bits per heavy atom. The van der Waals surface area contributed by atoms with E-state index in [2.05, 4.69) is 0 Å². The third kappa shape index (κ3) is 3.53. The average molecular weight is 263 g/mol. The maximum Gasteiger partial charge on any atom is 0.390 e. The highest BCUT2D eigenvalue weighted by molar-refractivity contribution is 5.48. The van der Waals surface area contributed by atoms with Crippen LogP contribution in [0.1, 0.15) is 23.6 Å². The van der Waals surface area contributed by atoms with E-state index in [9.17, 15) is 13.2 Å². The van der Waals surface area contributed by atoms with Gasteiger partial charge in [0.25, 0.3) is 0 Å². The van der Waals surface area contributed by atoms with Crippen molar-refractivity contribution in [3.63, 3.8) is 0 Å². The number of benzene rings is 1. The van der Waals surface area contributed by atoms with Crippen LogP contribution in [0.4, 0.5) is 13.2 Å². The Labute approximate surface area is 104 Å². The molecule has 0 aliphatic carbocycles. The summed E-state index contributed by atoms with van der Waals surface area (Å²) in [6.45, 7) is 1.69. The number of halogens is 3. The molecule has 1 unspecified atom stereocenters. The van der Waals surface area contributed by atoms with Gasteiger partial charge in [-0.05, 0) is 30.2 Å². The van der Waals surface area contributed by atoms with Gasteiger partial charge in [-0.25, -0.2) is 0 Å². The van der Waals surface area contributed by atoms with Gasteiger partial charge < -0.3 is 15.2 Å². The second-order valence-electron chi connectivity index (χ2n) is 3.99. The molecule has 1 atom stereocenters. The van der Waals surface area contributed by atoms with Crippen molar-refractivity contribution in [3.05, 3.63) is 23.3 Å². The Bertz CT molecular complexity index is 419. The quantitative estimate of drug-likeness (QED) is 0.908. The molecule has 1 rings (SSSR count). The molecule has 0 amide bonds. The van der Waals surface area contributed by atoms with Crippen LogP contribution in [-0.4, -0.2) is 20.4 Å². The van der Waals surface area contributed by atoms with Gasteiger partial charge in [-0.3, -0.25) is 0 Å². The van der Waals surface area contributed by atoms with Crippen LogP contribution in [0.3, 0.4) is 0 Å². The van der Waals surface area contributed by atoms with Crippen molar-refractivity contribution in [2.75, 3.05) is 14.2 Å². The number of hydrogen-bond acceptors (Lipinski definition) is 3. The molecule has 0 aliphatic heterocycles. The van der Waals surface area contributed by atoms with E-state index < -0.39 is 18.6 Å². The third-order valence-electron chi connectivity index (χ3n) is 2.62. The van der Waals surface area contributed by atoms with Crippen molar-refractivity contribution >= 4 is 0 Å². The first-order chi connectivity index (χ1) is 8.28. The van der Waals surface area contributed by atoms with Crippen molar-refractivity contribution in [2.24, 2.45) is 5.73 Å². The van der Waals surface area contributed by atoms with E-state index in [0.717, 1.165) is 0 Å². The summed E-state index contributed by atoms with van der Waals surface area (Å²) >= 11 is 0. The van der Waals surface area contributed by atoms with E-state index >= 15 is 0 Å². The lowest BCUT2D eigenvalue weighted by molar-refractivity contribution is -0.138. The first-order valence-corrected chi connectivity index (χ1v) is 5.33. The second-order valence-corrected chi connectivity index (χ2v) is 3.99. The largest absolute Gasteiger partial charge is 0.493 e. The second kappa shape index (κ2) is 5.48. The van der Waals surface area contributed by atoms with Crippen molar-refractivity contribution in [1.29, 1.82) is 0 Å². The zero-order valence-electron chi connectivity index (χ0n) is 10.5. The van der Waals surface area contributed by atoms with E-state index in [1.807, 2.05) is 0 Å². The molecule has 0 saturated carbocycles. The predicted octanol–water partition coefficient (Wildman–Crippen LogP) is 2.96. The summed E-state index contributed by atoms with van der Waals surface area (Å²) in [5.74, 6) is 0.841. The van der Waals surface area contributed by atoms with E-state index in [-0.39, 0.29) is 0 Å². The van der Waals surface area contributed by atoms with Crippen LogP contribution in [0.25, 0.3) is 0 Å². The van der Waals surface area contributed by atoms with Gasteiger partial charge in [0.15, 0.2) is 11.5 Å². The Balaban J connectivity index is 3.09. The molecule has 0 aliphatic rings. The van der Waals surface area contributed by atoms with Gasteiger partial charge >= 0.3 is 6.18 Å². The molecular weight excluding hydrogens is 247 g/mol. The lowest BCUT2D eigenvalue weighted by Crippen LogP contribution is -2.21. The zero-order chi connectivity index (χ0) is 13.9. The van der Waals surface area contributed by atoms with Crippen molar-refractivity contribution in [1.82, 2.24) is 0 Å². The minimum atomic E-state index is -4.29.